The Balaban J connectivity index is 2.34. The van der Waals surface area contributed by atoms with E-state index in [2.05, 4.69) is 15.9 Å². The Bertz CT molecular complexity index is 784. The Morgan fingerprint density at radius 2 is 1.64 bits per heavy atom. The summed E-state index contributed by atoms with van der Waals surface area (Å²) in [5.41, 5.74) is 1.01. The van der Waals surface area contributed by atoms with Crippen LogP contribution in [0.4, 0.5) is 4.79 Å². The molecule has 0 heterocycles. The van der Waals surface area contributed by atoms with Crippen LogP contribution < -0.4 is 0 Å². The highest BCUT2D eigenvalue weighted by atomic mass is 79.9. The molecule has 1 atom stereocenters. The van der Waals surface area contributed by atoms with Gasteiger partial charge in [0, 0.05) is 10.9 Å². The summed E-state index contributed by atoms with van der Waals surface area (Å²) >= 11 is 3.41. The Labute approximate surface area is 174 Å². The average Bonchev–Trinajstić information content (AvgIpc) is 2.61. The van der Waals surface area contributed by atoms with Crippen LogP contribution >= 0.6 is 15.9 Å². The minimum Gasteiger partial charge on any atom is -0.442 e. The van der Waals surface area contributed by atoms with Crippen LogP contribution in [0.25, 0.3) is 0 Å². The van der Waals surface area contributed by atoms with E-state index in [4.69, 9.17) is 9.57 Å². The molecule has 0 fully saturated rings. The van der Waals surface area contributed by atoms with E-state index in [0.717, 1.165) is 15.6 Å². The Hall–Kier alpha value is -2.18. The lowest BCUT2D eigenvalue weighted by atomic mass is 10.0. The maximum atomic E-state index is 12.9. The number of Topliss-reactive ketones (excluding diaryl/α,β-unsaturated/α-hetero) is 1. The van der Waals surface area contributed by atoms with Crippen LogP contribution in [-0.4, -0.2) is 22.5 Å². The number of nitrogens with zero attached hydrogens (tertiary/aromatic N) is 1. The van der Waals surface area contributed by atoms with Crippen molar-refractivity contribution in [3.05, 3.63) is 70.2 Å². The molecule has 0 spiro atoms. The quantitative estimate of drug-likeness (QED) is 0.500. The van der Waals surface area contributed by atoms with Crippen molar-refractivity contribution < 1.29 is 19.2 Å². The lowest BCUT2D eigenvalue weighted by molar-refractivity contribution is -0.183. The van der Waals surface area contributed by atoms with Gasteiger partial charge in [0.25, 0.3) is 0 Å². The Morgan fingerprint density at radius 3 is 2.18 bits per heavy atom. The fourth-order valence-electron chi connectivity index (χ4n) is 2.59. The van der Waals surface area contributed by atoms with E-state index in [0.29, 0.717) is 0 Å². The van der Waals surface area contributed by atoms with Crippen LogP contribution in [0.15, 0.2) is 59.1 Å². The minimum atomic E-state index is -0.689. The molecule has 2 rings (SSSR count). The van der Waals surface area contributed by atoms with Crippen molar-refractivity contribution in [1.82, 2.24) is 5.06 Å². The van der Waals surface area contributed by atoms with E-state index in [1.807, 2.05) is 54.6 Å². The molecule has 0 saturated heterocycles. The second-order valence-electron chi connectivity index (χ2n) is 7.54. The van der Waals surface area contributed by atoms with Gasteiger partial charge in [-0.2, -0.15) is 5.06 Å². The SMILES string of the molecule is CC(=O)C[C@@H](c1ccc(Br)cc1)N(OCc1ccccc1)C(=O)OC(C)(C)C. The first-order valence-corrected chi connectivity index (χ1v) is 9.89. The van der Waals surface area contributed by atoms with Crippen LogP contribution in [0.2, 0.25) is 0 Å². The molecule has 2 aromatic rings. The maximum Gasteiger partial charge on any atom is 0.435 e. The molecular formula is C22H26BrNO4. The van der Waals surface area contributed by atoms with Gasteiger partial charge in [-0.15, -0.1) is 0 Å². The van der Waals surface area contributed by atoms with Crippen molar-refractivity contribution in [2.45, 2.75) is 52.4 Å². The maximum absolute atomic E-state index is 12.9. The summed E-state index contributed by atoms with van der Waals surface area (Å²) in [7, 11) is 0. The highest BCUT2D eigenvalue weighted by Gasteiger charge is 2.31. The number of amides is 1. The molecule has 1 amide bonds. The topological polar surface area (TPSA) is 55.8 Å². The summed E-state index contributed by atoms with van der Waals surface area (Å²) in [6, 6.07) is 16.4. The van der Waals surface area contributed by atoms with E-state index < -0.39 is 17.7 Å². The van der Waals surface area contributed by atoms with Gasteiger partial charge in [-0.25, -0.2) is 4.79 Å². The van der Waals surface area contributed by atoms with E-state index in [9.17, 15) is 9.59 Å². The Kier molecular flexibility index (Phi) is 7.78. The molecule has 0 saturated carbocycles. The van der Waals surface area contributed by atoms with E-state index in [1.54, 1.807) is 20.8 Å². The highest BCUT2D eigenvalue weighted by Crippen LogP contribution is 2.29. The molecule has 0 aliphatic heterocycles. The first-order valence-electron chi connectivity index (χ1n) is 9.09. The van der Waals surface area contributed by atoms with Gasteiger partial charge in [-0.1, -0.05) is 58.4 Å². The zero-order chi connectivity index (χ0) is 20.7. The smallest absolute Gasteiger partial charge is 0.435 e. The van der Waals surface area contributed by atoms with Crippen molar-refractivity contribution in [2.24, 2.45) is 0 Å². The van der Waals surface area contributed by atoms with Gasteiger partial charge >= 0.3 is 6.09 Å². The van der Waals surface area contributed by atoms with Gasteiger partial charge < -0.3 is 4.74 Å². The zero-order valence-electron chi connectivity index (χ0n) is 16.6. The number of hydroxylamine groups is 2. The monoisotopic (exact) mass is 447 g/mol. The minimum absolute atomic E-state index is 0.0511. The van der Waals surface area contributed by atoms with Gasteiger partial charge in [-0.05, 0) is 51.0 Å². The first kappa shape index (κ1) is 22.1. The number of benzene rings is 2. The van der Waals surface area contributed by atoms with Crippen molar-refractivity contribution >= 4 is 27.8 Å². The second kappa shape index (κ2) is 9.85. The molecular weight excluding hydrogens is 422 g/mol. The first-order chi connectivity index (χ1) is 13.2. The molecule has 0 aliphatic carbocycles. The number of rotatable bonds is 7. The summed E-state index contributed by atoms with van der Waals surface area (Å²) in [5.74, 6) is -0.0511. The van der Waals surface area contributed by atoms with E-state index in [-0.39, 0.29) is 18.8 Å². The van der Waals surface area contributed by atoms with Crippen LogP contribution in [0.3, 0.4) is 0 Å². The normalized spacial score (nSPS) is 12.3. The fourth-order valence-corrected chi connectivity index (χ4v) is 2.85. The predicted octanol–water partition coefficient (Wildman–Crippen LogP) is 5.84. The number of carbonyl (C=O) groups excluding carboxylic acids is 2. The van der Waals surface area contributed by atoms with E-state index in [1.165, 1.54) is 12.0 Å². The molecule has 0 bridgehead atoms. The number of carbonyl (C=O) groups is 2. The van der Waals surface area contributed by atoms with Crippen LogP contribution in [0.1, 0.15) is 51.3 Å². The molecule has 0 unspecified atom stereocenters. The van der Waals surface area contributed by atoms with Crippen molar-refractivity contribution in [2.75, 3.05) is 0 Å². The van der Waals surface area contributed by atoms with Gasteiger partial charge in [0.2, 0.25) is 0 Å². The predicted molar refractivity (Wildman–Crippen MR) is 111 cm³/mol. The number of ether oxygens (including phenoxy) is 1. The molecule has 2 aromatic carbocycles. The fraction of sp³-hybridized carbons (Fsp3) is 0.364. The number of halogens is 1. The van der Waals surface area contributed by atoms with Crippen LogP contribution in [0, 0.1) is 0 Å². The van der Waals surface area contributed by atoms with Crippen molar-refractivity contribution in [3.8, 4) is 0 Å². The van der Waals surface area contributed by atoms with Crippen molar-refractivity contribution in [1.29, 1.82) is 0 Å². The van der Waals surface area contributed by atoms with Gasteiger partial charge in [0.15, 0.2) is 0 Å². The summed E-state index contributed by atoms with van der Waals surface area (Å²) in [4.78, 5) is 30.7. The van der Waals surface area contributed by atoms with Crippen LogP contribution in [-0.2, 0) is 21.0 Å². The molecule has 0 N–H and O–H groups in total. The summed E-state index contributed by atoms with van der Waals surface area (Å²) in [6.45, 7) is 7.06. The molecule has 0 aliphatic rings. The number of ketones is 1. The molecule has 28 heavy (non-hydrogen) atoms. The second-order valence-corrected chi connectivity index (χ2v) is 8.45. The standard InChI is InChI=1S/C22H26BrNO4/c1-16(25)14-20(18-10-12-19(23)13-11-18)24(21(26)28-22(2,3)4)27-15-17-8-6-5-7-9-17/h5-13,20H,14-15H2,1-4H3/t20-/m0/s1. The summed E-state index contributed by atoms with van der Waals surface area (Å²) < 4.78 is 6.45. The largest absolute Gasteiger partial charge is 0.442 e. The Morgan fingerprint density at radius 1 is 1.04 bits per heavy atom. The molecule has 5 nitrogen and oxygen atoms in total. The highest BCUT2D eigenvalue weighted by molar-refractivity contribution is 9.10. The third-order valence-electron chi connectivity index (χ3n) is 3.81. The zero-order valence-corrected chi connectivity index (χ0v) is 18.2. The van der Waals surface area contributed by atoms with Crippen LogP contribution in [0.5, 0.6) is 0 Å². The van der Waals surface area contributed by atoms with Gasteiger partial charge in [0.1, 0.15) is 18.0 Å². The third kappa shape index (κ3) is 7.09. The molecule has 0 aromatic heterocycles. The van der Waals surface area contributed by atoms with Crippen molar-refractivity contribution in [3.63, 3.8) is 0 Å². The molecule has 6 heteroatoms. The lowest BCUT2D eigenvalue weighted by Crippen LogP contribution is -2.40. The molecule has 150 valence electrons. The van der Waals surface area contributed by atoms with Gasteiger partial charge in [0.05, 0.1) is 6.04 Å². The summed E-state index contributed by atoms with van der Waals surface area (Å²) in [6.07, 6.45) is -0.507. The van der Waals surface area contributed by atoms with Gasteiger partial charge in [-0.3, -0.25) is 9.63 Å². The summed E-state index contributed by atoms with van der Waals surface area (Å²) in [5, 5.41) is 1.18. The number of hydrogen-bond acceptors (Lipinski definition) is 4. The number of hydrogen-bond donors (Lipinski definition) is 0. The van der Waals surface area contributed by atoms with E-state index >= 15 is 0 Å². The third-order valence-corrected chi connectivity index (χ3v) is 4.33. The lowest BCUT2D eigenvalue weighted by Gasteiger charge is -2.32. The molecule has 0 radical (unpaired) electrons. The average molecular weight is 448 g/mol.